The van der Waals surface area contributed by atoms with Crippen LogP contribution in [0.4, 0.5) is 4.39 Å². The van der Waals surface area contributed by atoms with E-state index < -0.39 is 0 Å². The summed E-state index contributed by atoms with van der Waals surface area (Å²) in [6, 6.07) is 11.6. The van der Waals surface area contributed by atoms with Gasteiger partial charge >= 0.3 is 0 Å². The van der Waals surface area contributed by atoms with Crippen LogP contribution >= 0.6 is 11.6 Å². The van der Waals surface area contributed by atoms with Gasteiger partial charge in [-0.2, -0.15) is 0 Å². The average Bonchev–Trinajstić information content (AvgIpc) is 3.34. The zero-order valence-corrected chi connectivity index (χ0v) is 17.3. The smallest absolute Gasteiger partial charge is 0.142 e. The Kier molecular flexibility index (Phi) is 6.26. The first-order valence-electron chi connectivity index (χ1n) is 10.1. The van der Waals surface area contributed by atoms with Crippen molar-refractivity contribution in [3.8, 4) is 0 Å². The maximum atomic E-state index is 14.0. The maximum Gasteiger partial charge on any atom is 0.142 e. The molecule has 1 fully saturated rings. The van der Waals surface area contributed by atoms with E-state index >= 15 is 0 Å². The lowest BCUT2D eigenvalue weighted by atomic mass is 9.95. The molecule has 0 saturated heterocycles. The van der Waals surface area contributed by atoms with Crippen molar-refractivity contribution >= 4 is 11.6 Å². The summed E-state index contributed by atoms with van der Waals surface area (Å²) in [6.07, 6.45) is 7.99. The molecule has 0 N–H and O–H groups in total. The van der Waals surface area contributed by atoms with Crippen molar-refractivity contribution < 1.29 is 8.91 Å². The second-order valence-corrected chi connectivity index (χ2v) is 8.31. The molecule has 4 rings (SSSR count). The number of aryl methyl sites for hydroxylation is 1. The fourth-order valence-corrected chi connectivity index (χ4v) is 4.51. The summed E-state index contributed by atoms with van der Waals surface area (Å²) in [5.41, 5.74) is 3.05. The molecule has 0 unspecified atom stereocenters. The van der Waals surface area contributed by atoms with Crippen LogP contribution in [0, 0.1) is 18.7 Å². The third kappa shape index (κ3) is 5.03. The van der Waals surface area contributed by atoms with Gasteiger partial charge in [-0.05, 0) is 61.1 Å². The first kappa shape index (κ1) is 20.0. The van der Waals surface area contributed by atoms with Gasteiger partial charge in [0, 0.05) is 44.0 Å². The normalized spacial score (nSPS) is 19.2. The van der Waals surface area contributed by atoms with Crippen molar-refractivity contribution in [1.82, 2.24) is 15.0 Å². The zero-order chi connectivity index (χ0) is 20.2. The van der Waals surface area contributed by atoms with E-state index in [2.05, 4.69) is 15.0 Å². The van der Waals surface area contributed by atoms with Gasteiger partial charge in [-0.15, -0.1) is 0 Å². The Labute approximate surface area is 175 Å². The lowest BCUT2D eigenvalue weighted by molar-refractivity contribution is 0.138. The zero-order valence-electron chi connectivity index (χ0n) is 16.5. The summed E-state index contributed by atoms with van der Waals surface area (Å²) in [5.74, 6) is 1.07. The van der Waals surface area contributed by atoms with E-state index in [1.54, 1.807) is 12.1 Å². The highest BCUT2D eigenvalue weighted by atomic mass is 35.5. The van der Waals surface area contributed by atoms with Gasteiger partial charge in [-0.3, -0.25) is 9.88 Å². The molecule has 1 aliphatic carbocycles. The van der Waals surface area contributed by atoms with E-state index in [1.807, 2.05) is 43.6 Å². The van der Waals surface area contributed by atoms with Crippen molar-refractivity contribution in [2.75, 3.05) is 0 Å². The van der Waals surface area contributed by atoms with Gasteiger partial charge in [0.05, 0.1) is 10.7 Å². The van der Waals surface area contributed by atoms with Crippen LogP contribution in [0.1, 0.15) is 41.8 Å². The number of hydrogen-bond acceptors (Lipinski definition) is 4. The molecule has 4 nitrogen and oxygen atoms in total. The van der Waals surface area contributed by atoms with Gasteiger partial charge in [-0.25, -0.2) is 4.39 Å². The molecule has 1 aromatic carbocycles. The van der Waals surface area contributed by atoms with Crippen molar-refractivity contribution in [2.45, 2.75) is 51.7 Å². The highest BCUT2D eigenvalue weighted by molar-refractivity contribution is 6.30. The van der Waals surface area contributed by atoms with E-state index in [-0.39, 0.29) is 10.8 Å². The quantitative estimate of drug-likeness (QED) is 0.506. The van der Waals surface area contributed by atoms with Crippen molar-refractivity contribution in [1.29, 1.82) is 0 Å². The molecule has 2 aromatic heterocycles. The Morgan fingerprint density at radius 3 is 2.62 bits per heavy atom. The topological polar surface area (TPSA) is 42.2 Å². The van der Waals surface area contributed by atoms with Crippen molar-refractivity contribution in [2.24, 2.45) is 5.92 Å². The molecule has 0 bridgehead atoms. The minimum absolute atomic E-state index is 0.161. The molecular formula is C23H25ClFN3O. The van der Waals surface area contributed by atoms with Crippen LogP contribution in [0.15, 0.2) is 53.3 Å². The first-order valence-corrected chi connectivity index (χ1v) is 10.5. The Morgan fingerprint density at radius 2 is 1.90 bits per heavy atom. The van der Waals surface area contributed by atoms with Crippen LogP contribution in [0.5, 0.6) is 0 Å². The van der Waals surface area contributed by atoms with Gasteiger partial charge < -0.3 is 4.52 Å². The predicted octanol–water partition coefficient (Wildman–Crippen LogP) is 5.58. The molecule has 0 amide bonds. The van der Waals surface area contributed by atoms with E-state index in [0.29, 0.717) is 18.5 Å². The number of nitrogens with zero attached hydrogens (tertiary/aromatic N) is 3. The fourth-order valence-electron chi connectivity index (χ4n) is 4.39. The summed E-state index contributed by atoms with van der Waals surface area (Å²) in [6.45, 7) is 3.42. The first-order chi connectivity index (χ1) is 14.1. The summed E-state index contributed by atoms with van der Waals surface area (Å²) in [5, 5.41) is 4.19. The molecule has 0 spiro atoms. The third-order valence-corrected chi connectivity index (χ3v) is 6.04. The summed E-state index contributed by atoms with van der Waals surface area (Å²) < 4.78 is 19.5. The number of rotatable bonds is 7. The monoisotopic (exact) mass is 413 g/mol. The number of aromatic nitrogens is 2. The molecule has 1 aliphatic rings. The fraction of sp³-hybridized carbons (Fsp3) is 0.391. The third-order valence-electron chi connectivity index (χ3n) is 5.73. The summed E-state index contributed by atoms with van der Waals surface area (Å²) in [7, 11) is 0. The highest BCUT2D eigenvalue weighted by Gasteiger charge is 2.33. The van der Waals surface area contributed by atoms with Gasteiger partial charge in [0.1, 0.15) is 11.6 Å². The molecular weight excluding hydrogens is 389 g/mol. The Hall–Kier alpha value is -2.24. The van der Waals surface area contributed by atoms with Crippen LogP contribution in [0.3, 0.4) is 0 Å². The van der Waals surface area contributed by atoms with Crippen molar-refractivity contribution in [3.63, 3.8) is 0 Å². The molecule has 1 saturated carbocycles. The Morgan fingerprint density at radius 1 is 1.10 bits per heavy atom. The minimum Gasteiger partial charge on any atom is -0.361 e. The van der Waals surface area contributed by atoms with Crippen LogP contribution in [0.2, 0.25) is 5.02 Å². The molecule has 29 heavy (non-hydrogen) atoms. The summed E-state index contributed by atoms with van der Waals surface area (Å²) in [4.78, 5) is 6.58. The lowest BCUT2D eigenvalue weighted by Gasteiger charge is -2.33. The van der Waals surface area contributed by atoms with E-state index in [0.717, 1.165) is 42.8 Å². The molecule has 2 atom stereocenters. The minimum atomic E-state index is -0.367. The number of benzene rings is 1. The Bertz CT molecular complexity index is 946. The molecule has 6 heteroatoms. The predicted molar refractivity (Wildman–Crippen MR) is 111 cm³/mol. The van der Waals surface area contributed by atoms with Crippen LogP contribution in [0.25, 0.3) is 0 Å². The Balaban J connectivity index is 1.56. The molecule has 0 aliphatic heterocycles. The largest absolute Gasteiger partial charge is 0.361 e. The number of hydrogen-bond donors (Lipinski definition) is 0. The van der Waals surface area contributed by atoms with Gasteiger partial charge in [0.15, 0.2) is 0 Å². The number of halogens is 2. The highest BCUT2D eigenvalue weighted by Crippen LogP contribution is 2.34. The average molecular weight is 414 g/mol. The van der Waals surface area contributed by atoms with E-state index in [9.17, 15) is 4.39 Å². The molecule has 3 aromatic rings. The van der Waals surface area contributed by atoms with Gasteiger partial charge in [-0.1, -0.05) is 29.2 Å². The molecule has 152 valence electrons. The van der Waals surface area contributed by atoms with Crippen LogP contribution < -0.4 is 0 Å². The van der Waals surface area contributed by atoms with E-state index in [1.165, 1.54) is 12.0 Å². The standard InChI is InChI=1S/C23H25ClFN3O/c1-16-11-20(29-27-16)13-19-3-2-4-23(19)28(14-17-7-9-26-10-8-17)15-18-5-6-21(24)22(25)12-18/h5-12,19,23H,2-4,13-15H2,1H3/t19-,23+/m0/s1. The molecule has 0 radical (unpaired) electrons. The maximum absolute atomic E-state index is 14.0. The number of pyridine rings is 1. The lowest BCUT2D eigenvalue weighted by Crippen LogP contribution is -2.37. The van der Waals surface area contributed by atoms with Crippen LogP contribution in [-0.2, 0) is 19.5 Å². The van der Waals surface area contributed by atoms with Crippen molar-refractivity contribution in [3.05, 3.63) is 82.2 Å². The summed E-state index contributed by atoms with van der Waals surface area (Å²) >= 11 is 5.88. The molecule has 2 heterocycles. The SMILES string of the molecule is Cc1cc(C[C@@H]2CCC[C@H]2N(Cc2ccncc2)Cc2ccc(Cl)c(F)c2)on1. The van der Waals surface area contributed by atoms with Gasteiger partial charge in [0.2, 0.25) is 0 Å². The second kappa shape index (κ2) is 9.06. The second-order valence-electron chi connectivity index (χ2n) is 7.91. The van der Waals surface area contributed by atoms with E-state index in [4.69, 9.17) is 16.1 Å². The van der Waals surface area contributed by atoms with Crippen LogP contribution in [-0.4, -0.2) is 21.1 Å². The van der Waals surface area contributed by atoms with Gasteiger partial charge in [0.25, 0.3) is 0 Å².